The van der Waals surface area contributed by atoms with Gasteiger partial charge < -0.3 is 24.6 Å². The predicted octanol–water partition coefficient (Wildman–Crippen LogP) is 2.92. The Balaban J connectivity index is 1.20. The number of aliphatic hydroxyl groups is 1. The van der Waals surface area contributed by atoms with E-state index in [0.717, 1.165) is 48.3 Å². The van der Waals surface area contributed by atoms with Crippen LogP contribution in [0.3, 0.4) is 0 Å². The van der Waals surface area contributed by atoms with Gasteiger partial charge in [0.25, 0.3) is 0 Å². The summed E-state index contributed by atoms with van der Waals surface area (Å²) < 4.78 is 16.4. The molecule has 1 aromatic carbocycles. The first-order valence-electron chi connectivity index (χ1n) is 12.8. The van der Waals surface area contributed by atoms with Gasteiger partial charge in [0.05, 0.1) is 5.92 Å². The van der Waals surface area contributed by atoms with E-state index in [4.69, 9.17) is 14.2 Å². The van der Waals surface area contributed by atoms with Gasteiger partial charge in [-0.05, 0) is 80.1 Å². The molecule has 8 atom stereocenters. The van der Waals surface area contributed by atoms with Gasteiger partial charge in [-0.2, -0.15) is 0 Å². The minimum absolute atomic E-state index is 0.0222. The Morgan fingerprint density at radius 1 is 1.26 bits per heavy atom. The van der Waals surface area contributed by atoms with Gasteiger partial charge in [-0.1, -0.05) is 23.8 Å². The summed E-state index contributed by atoms with van der Waals surface area (Å²) in [4.78, 5) is 27.1. The van der Waals surface area contributed by atoms with Crippen LogP contribution in [0.2, 0.25) is 0 Å². The molecule has 2 N–H and O–H groups in total. The number of amides is 1. The van der Waals surface area contributed by atoms with E-state index >= 15 is 0 Å². The first-order valence-corrected chi connectivity index (χ1v) is 12.8. The second kappa shape index (κ2) is 7.12. The summed E-state index contributed by atoms with van der Waals surface area (Å²) in [5.41, 5.74) is 2.14. The third-order valence-electron chi connectivity index (χ3n) is 10.0. The van der Waals surface area contributed by atoms with Crippen LogP contribution < -0.4 is 14.8 Å². The minimum Gasteiger partial charge on any atom is -0.455 e. The molecule has 0 aromatic heterocycles. The Labute approximate surface area is 204 Å². The van der Waals surface area contributed by atoms with Gasteiger partial charge in [0.2, 0.25) is 12.7 Å². The van der Waals surface area contributed by atoms with E-state index in [0.29, 0.717) is 18.9 Å². The molecule has 2 aliphatic heterocycles. The highest BCUT2D eigenvalue weighted by Crippen LogP contribution is 2.73. The Bertz CT molecular complexity index is 1190. The van der Waals surface area contributed by atoms with Crippen LogP contribution in [0.15, 0.2) is 42.0 Å². The molecule has 3 saturated carbocycles. The summed E-state index contributed by atoms with van der Waals surface area (Å²) in [7, 11) is 0. The van der Waals surface area contributed by atoms with E-state index < -0.39 is 17.6 Å². The Morgan fingerprint density at radius 3 is 2.94 bits per heavy atom. The van der Waals surface area contributed by atoms with Gasteiger partial charge in [-0.25, -0.2) is 0 Å². The van der Waals surface area contributed by atoms with E-state index in [1.54, 1.807) is 6.92 Å². The number of hydrogen-bond donors (Lipinski definition) is 2. The molecule has 4 fully saturated rings. The summed E-state index contributed by atoms with van der Waals surface area (Å²) in [6, 6.07) is 5.85. The van der Waals surface area contributed by atoms with Crippen LogP contribution in [-0.2, 0) is 20.7 Å². The number of nitrogens with one attached hydrogen (secondary N) is 1. The van der Waals surface area contributed by atoms with Gasteiger partial charge in [-0.3, -0.25) is 9.59 Å². The molecular formula is C28H31NO6. The number of carbonyl (C=O) groups is 2. The lowest BCUT2D eigenvalue weighted by Gasteiger charge is -2.41. The van der Waals surface area contributed by atoms with Crippen LogP contribution in [0.1, 0.15) is 38.2 Å². The van der Waals surface area contributed by atoms with Crippen molar-refractivity contribution in [3.8, 4) is 11.5 Å². The second-order valence-corrected chi connectivity index (χ2v) is 11.5. The highest BCUT2D eigenvalue weighted by atomic mass is 16.7. The van der Waals surface area contributed by atoms with Crippen molar-refractivity contribution >= 4 is 11.9 Å². The number of hydrogen-bond acceptors (Lipinski definition) is 6. The highest BCUT2D eigenvalue weighted by molar-refractivity contribution is 5.87. The van der Waals surface area contributed by atoms with Crippen molar-refractivity contribution in [3.63, 3.8) is 0 Å². The molecule has 1 aromatic rings. The Hall–Kier alpha value is -2.80. The topological polar surface area (TPSA) is 94.1 Å². The van der Waals surface area contributed by atoms with Crippen LogP contribution in [0, 0.1) is 34.5 Å². The number of ether oxygens (including phenoxy) is 3. The molecule has 1 unspecified atom stereocenters. The van der Waals surface area contributed by atoms with E-state index in [2.05, 4.69) is 11.9 Å². The first-order chi connectivity index (χ1) is 16.8. The maximum Gasteiger partial charge on any atom is 0.315 e. The van der Waals surface area contributed by atoms with Gasteiger partial charge in [0.1, 0.15) is 17.6 Å². The molecule has 1 amide bonds. The summed E-state index contributed by atoms with van der Waals surface area (Å²) in [6.45, 7) is 6.90. The first kappa shape index (κ1) is 21.5. The number of carbonyl (C=O) groups excluding carboxylic acids is 2. The fraction of sp³-hybridized carbons (Fsp3) is 0.571. The standard InChI is InChI=1S/C28H31NO6/c1-14-11-28-12-16(14)4-5-18(28)17-10-21-24(30)27(2,26(32)35-21)22(17)23(28)25(31)29-8-7-15-3-6-19-20(9-15)34-13-33-19/h3,6,9-10,16,18,21-24,30H,1,4-5,7-8,11-13H2,2H3,(H,29,31)/t16-,18+,21-,22?,23-,24+,27+,28+/m1/s1. The van der Waals surface area contributed by atoms with E-state index in [1.165, 1.54) is 5.57 Å². The van der Waals surface area contributed by atoms with Gasteiger partial charge in [-0.15, -0.1) is 0 Å². The SMILES string of the molecule is C=C1C[C@]23C[C@H]1CC[C@H]2C1=C[C@H]2OC(=O)[C@@](C)(C1[C@@H]3C(=O)NCCc1ccc3c(c1)OCO3)[C@H]2O. The van der Waals surface area contributed by atoms with Crippen molar-refractivity contribution in [1.82, 2.24) is 5.32 Å². The average Bonchev–Trinajstić information content (AvgIpc) is 3.51. The Kier molecular flexibility index (Phi) is 4.37. The maximum atomic E-state index is 14.0. The average molecular weight is 478 g/mol. The van der Waals surface area contributed by atoms with Crippen LogP contribution in [0.4, 0.5) is 0 Å². The zero-order valence-electron chi connectivity index (χ0n) is 19.9. The molecule has 184 valence electrons. The molecule has 7 heteroatoms. The lowest BCUT2D eigenvalue weighted by molar-refractivity contribution is -0.151. The van der Waals surface area contributed by atoms with E-state index in [-0.39, 0.29) is 41.8 Å². The molecule has 4 bridgehead atoms. The van der Waals surface area contributed by atoms with Crippen LogP contribution in [0.5, 0.6) is 11.5 Å². The second-order valence-electron chi connectivity index (χ2n) is 11.5. The summed E-state index contributed by atoms with van der Waals surface area (Å²) >= 11 is 0. The van der Waals surface area contributed by atoms with Crippen molar-refractivity contribution in [1.29, 1.82) is 0 Å². The van der Waals surface area contributed by atoms with Gasteiger partial charge >= 0.3 is 5.97 Å². The van der Waals surface area contributed by atoms with E-state index in [9.17, 15) is 14.7 Å². The van der Waals surface area contributed by atoms with Crippen molar-refractivity contribution < 1.29 is 28.9 Å². The van der Waals surface area contributed by atoms with Crippen LogP contribution in [-0.4, -0.2) is 42.5 Å². The molecular weight excluding hydrogens is 446 g/mol. The molecule has 1 saturated heterocycles. The van der Waals surface area contributed by atoms with Crippen LogP contribution >= 0.6 is 0 Å². The lowest BCUT2D eigenvalue weighted by atomic mass is 9.61. The van der Waals surface area contributed by atoms with Crippen LogP contribution in [0.25, 0.3) is 0 Å². The van der Waals surface area contributed by atoms with Gasteiger partial charge in [0.15, 0.2) is 11.5 Å². The smallest absolute Gasteiger partial charge is 0.315 e. The zero-order chi connectivity index (χ0) is 24.1. The van der Waals surface area contributed by atoms with Gasteiger partial charge in [0, 0.05) is 12.5 Å². The van der Waals surface area contributed by atoms with Crippen molar-refractivity contribution in [2.24, 2.45) is 34.5 Å². The molecule has 1 spiro atoms. The number of aliphatic hydroxyl groups excluding tert-OH is 1. The molecule has 6 aliphatic rings. The Morgan fingerprint density at radius 2 is 2.09 bits per heavy atom. The fourth-order valence-corrected chi connectivity index (χ4v) is 8.43. The quantitative estimate of drug-likeness (QED) is 0.512. The van der Waals surface area contributed by atoms with Crippen molar-refractivity contribution in [2.45, 2.75) is 51.2 Å². The molecule has 4 aliphatic carbocycles. The van der Waals surface area contributed by atoms with Crippen molar-refractivity contribution in [2.75, 3.05) is 13.3 Å². The summed E-state index contributed by atoms with van der Waals surface area (Å²) in [5.74, 6) is 1.02. The largest absolute Gasteiger partial charge is 0.455 e. The molecule has 7 rings (SSSR count). The molecule has 35 heavy (non-hydrogen) atoms. The predicted molar refractivity (Wildman–Crippen MR) is 125 cm³/mol. The number of esters is 1. The normalized spacial score (nSPS) is 41.8. The van der Waals surface area contributed by atoms with E-state index in [1.807, 2.05) is 24.3 Å². The third kappa shape index (κ3) is 2.70. The monoisotopic (exact) mass is 477 g/mol. The molecule has 0 radical (unpaired) electrons. The number of fused-ring (bicyclic) bond motifs is 7. The maximum absolute atomic E-state index is 14.0. The molecule has 7 nitrogen and oxygen atoms in total. The summed E-state index contributed by atoms with van der Waals surface area (Å²) in [5, 5.41) is 14.3. The zero-order valence-corrected chi connectivity index (χ0v) is 19.9. The number of benzene rings is 1. The minimum atomic E-state index is -1.10. The van der Waals surface area contributed by atoms with Crippen molar-refractivity contribution in [3.05, 3.63) is 47.6 Å². The lowest BCUT2D eigenvalue weighted by Crippen LogP contribution is -2.52. The fourth-order valence-electron chi connectivity index (χ4n) is 8.43. The highest BCUT2D eigenvalue weighted by Gasteiger charge is 2.73. The number of allylic oxidation sites excluding steroid dienone is 2. The molecule has 2 heterocycles. The number of rotatable bonds is 4. The summed E-state index contributed by atoms with van der Waals surface area (Å²) in [6.07, 6.45) is 4.95. The third-order valence-corrected chi connectivity index (χ3v) is 10.0.